The molecule has 2 atom stereocenters. The molecule has 1 aromatic carbocycles. The van der Waals surface area contributed by atoms with Crippen LogP contribution in [-0.4, -0.2) is 41.6 Å². The largest absolute Gasteiger partial charge is 0.480 e. The van der Waals surface area contributed by atoms with Crippen LogP contribution in [0.5, 0.6) is 0 Å². The average Bonchev–Trinajstić information content (AvgIpc) is 2.78. The van der Waals surface area contributed by atoms with Crippen LogP contribution in [0.3, 0.4) is 0 Å². The van der Waals surface area contributed by atoms with Crippen LogP contribution in [0, 0.1) is 5.92 Å². The number of hydrogen-bond acceptors (Lipinski definition) is 4. The molecule has 0 heterocycles. The predicted octanol–water partition coefficient (Wildman–Crippen LogP) is 3.18. The number of nitrogens with one attached hydrogen (secondary N) is 3. The van der Waals surface area contributed by atoms with E-state index in [1.54, 1.807) is 12.1 Å². The van der Waals surface area contributed by atoms with Crippen LogP contribution in [0.2, 0.25) is 5.02 Å². The van der Waals surface area contributed by atoms with Crippen LogP contribution in [0.4, 0.5) is 4.79 Å². The second kappa shape index (κ2) is 14.0. The first-order valence-electron chi connectivity index (χ1n) is 11.4. The number of urea groups is 1. The van der Waals surface area contributed by atoms with Crippen LogP contribution < -0.4 is 21.7 Å². The minimum atomic E-state index is -1.10. The lowest BCUT2D eigenvalue weighted by atomic mass is 9.84. The molecule has 178 valence electrons. The van der Waals surface area contributed by atoms with Crippen molar-refractivity contribution >= 4 is 29.5 Å². The Morgan fingerprint density at radius 2 is 1.69 bits per heavy atom. The van der Waals surface area contributed by atoms with Crippen molar-refractivity contribution in [1.29, 1.82) is 0 Å². The van der Waals surface area contributed by atoms with Crippen LogP contribution in [0.1, 0.15) is 63.4 Å². The van der Waals surface area contributed by atoms with Crippen molar-refractivity contribution in [3.05, 3.63) is 34.9 Å². The third-order valence-corrected chi connectivity index (χ3v) is 6.10. The molecule has 1 saturated carbocycles. The molecule has 0 saturated heterocycles. The van der Waals surface area contributed by atoms with Gasteiger partial charge in [-0.25, -0.2) is 9.59 Å². The van der Waals surface area contributed by atoms with Gasteiger partial charge in [0.2, 0.25) is 5.91 Å². The number of carboxylic acid groups (broad SMARTS) is 1. The first-order chi connectivity index (χ1) is 15.4. The standard InChI is InChI=1S/C23H35ClN4O4/c24-18-11-9-17(10-12-18)15-26-21(29)20(14-16-6-2-1-3-7-16)28-23(32)27-19(22(30)31)8-4-5-13-25/h9-12,16,19-20H,1-8,13-15,25H2,(H,26,29)(H,30,31)(H2,27,28,32)/t19-,20+/m0/s1. The lowest BCUT2D eigenvalue weighted by Gasteiger charge is -2.27. The van der Waals surface area contributed by atoms with E-state index in [2.05, 4.69) is 16.0 Å². The maximum atomic E-state index is 12.9. The Morgan fingerprint density at radius 3 is 2.31 bits per heavy atom. The molecular weight excluding hydrogens is 432 g/mol. The molecule has 0 radical (unpaired) electrons. The van der Waals surface area contributed by atoms with Gasteiger partial charge in [0.25, 0.3) is 0 Å². The summed E-state index contributed by atoms with van der Waals surface area (Å²) in [7, 11) is 0. The monoisotopic (exact) mass is 466 g/mol. The number of carboxylic acids is 1. The van der Waals surface area contributed by atoms with Gasteiger partial charge in [-0.3, -0.25) is 4.79 Å². The van der Waals surface area contributed by atoms with Gasteiger partial charge in [0.1, 0.15) is 12.1 Å². The van der Waals surface area contributed by atoms with Gasteiger partial charge in [0.15, 0.2) is 0 Å². The van der Waals surface area contributed by atoms with Crippen molar-refractivity contribution in [1.82, 2.24) is 16.0 Å². The Morgan fingerprint density at radius 1 is 1.03 bits per heavy atom. The summed E-state index contributed by atoms with van der Waals surface area (Å²) in [6.45, 7) is 0.785. The zero-order valence-corrected chi connectivity index (χ0v) is 19.2. The molecule has 0 spiro atoms. The van der Waals surface area contributed by atoms with Crippen molar-refractivity contribution in [2.75, 3.05) is 6.54 Å². The maximum absolute atomic E-state index is 12.9. The number of hydrogen-bond donors (Lipinski definition) is 5. The highest BCUT2D eigenvalue weighted by Crippen LogP contribution is 2.27. The highest BCUT2D eigenvalue weighted by atomic mass is 35.5. The minimum absolute atomic E-state index is 0.282. The molecule has 9 heteroatoms. The first-order valence-corrected chi connectivity index (χ1v) is 11.8. The molecule has 1 aromatic rings. The van der Waals surface area contributed by atoms with Crippen LogP contribution in [0.15, 0.2) is 24.3 Å². The van der Waals surface area contributed by atoms with Gasteiger partial charge < -0.3 is 26.8 Å². The molecule has 32 heavy (non-hydrogen) atoms. The van der Waals surface area contributed by atoms with Crippen molar-refractivity contribution in [3.63, 3.8) is 0 Å². The zero-order valence-electron chi connectivity index (χ0n) is 18.4. The van der Waals surface area contributed by atoms with Gasteiger partial charge in [-0.05, 0) is 55.8 Å². The number of rotatable bonds is 12. The van der Waals surface area contributed by atoms with Gasteiger partial charge in [-0.2, -0.15) is 0 Å². The number of amides is 3. The summed E-state index contributed by atoms with van der Waals surface area (Å²) < 4.78 is 0. The van der Waals surface area contributed by atoms with Crippen molar-refractivity contribution < 1.29 is 19.5 Å². The topological polar surface area (TPSA) is 134 Å². The van der Waals surface area contributed by atoms with Crippen molar-refractivity contribution in [2.45, 2.75) is 76.4 Å². The van der Waals surface area contributed by atoms with E-state index < -0.39 is 24.1 Å². The number of benzene rings is 1. The number of aliphatic carboxylic acids is 1. The highest BCUT2D eigenvalue weighted by molar-refractivity contribution is 6.30. The fourth-order valence-electron chi connectivity index (χ4n) is 4.01. The summed E-state index contributed by atoms with van der Waals surface area (Å²) in [5.41, 5.74) is 6.36. The molecule has 2 rings (SSSR count). The average molecular weight is 467 g/mol. The van der Waals surface area contributed by atoms with E-state index in [0.29, 0.717) is 43.3 Å². The smallest absolute Gasteiger partial charge is 0.326 e. The number of unbranched alkanes of at least 4 members (excludes halogenated alkanes) is 1. The molecule has 1 fully saturated rings. The third kappa shape index (κ3) is 9.44. The van der Waals surface area contributed by atoms with E-state index in [4.69, 9.17) is 17.3 Å². The fourth-order valence-corrected chi connectivity index (χ4v) is 4.14. The lowest BCUT2D eigenvalue weighted by Crippen LogP contribution is -2.53. The Kier molecular flexibility index (Phi) is 11.3. The van der Waals surface area contributed by atoms with E-state index in [0.717, 1.165) is 31.2 Å². The van der Waals surface area contributed by atoms with Crippen LogP contribution in [-0.2, 0) is 16.1 Å². The van der Waals surface area contributed by atoms with Crippen molar-refractivity contribution in [3.8, 4) is 0 Å². The molecule has 6 N–H and O–H groups in total. The number of carbonyl (C=O) groups is 3. The van der Waals surface area contributed by atoms with Gasteiger partial charge in [-0.15, -0.1) is 0 Å². The molecule has 3 amide bonds. The number of halogens is 1. The third-order valence-electron chi connectivity index (χ3n) is 5.85. The summed E-state index contributed by atoms with van der Waals surface area (Å²) in [5.74, 6) is -1.03. The molecule has 1 aliphatic rings. The highest BCUT2D eigenvalue weighted by Gasteiger charge is 2.27. The number of carbonyl (C=O) groups excluding carboxylic acids is 2. The van der Waals surface area contributed by atoms with Crippen molar-refractivity contribution in [2.24, 2.45) is 11.7 Å². The molecule has 1 aliphatic carbocycles. The molecule has 0 unspecified atom stereocenters. The zero-order chi connectivity index (χ0) is 23.3. The Hall–Kier alpha value is -2.32. The van der Waals surface area contributed by atoms with Crippen LogP contribution in [0.25, 0.3) is 0 Å². The molecule has 0 bridgehead atoms. The summed E-state index contributed by atoms with van der Waals surface area (Å²) in [5, 5.41) is 18.1. The summed E-state index contributed by atoms with van der Waals surface area (Å²) >= 11 is 5.90. The van der Waals surface area contributed by atoms with E-state index in [1.807, 2.05) is 12.1 Å². The van der Waals surface area contributed by atoms with Gasteiger partial charge in [0, 0.05) is 11.6 Å². The first kappa shape index (κ1) is 25.9. The Bertz CT molecular complexity index is 738. The van der Waals surface area contributed by atoms with Gasteiger partial charge in [-0.1, -0.05) is 55.8 Å². The summed E-state index contributed by atoms with van der Waals surface area (Å²) in [6, 6.07) is 4.77. The molecular formula is C23H35ClN4O4. The fraction of sp³-hybridized carbons (Fsp3) is 0.609. The van der Waals surface area contributed by atoms with Gasteiger partial charge in [0.05, 0.1) is 0 Å². The quantitative estimate of drug-likeness (QED) is 0.302. The van der Waals surface area contributed by atoms with E-state index in [9.17, 15) is 19.5 Å². The molecule has 8 nitrogen and oxygen atoms in total. The van der Waals surface area contributed by atoms with Gasteiger partial charge >= 0.3 is 12.0 Å². The summed E-state index contributed by atoms with van der Waals surface area (Å²) in [4.78, 5) is 37.0. The Balaban J connectivity index is 1.97. The lowest BCUT2D eigenvalue weighted by molar-refractivity contribution is -0.139. The normalized spacial score (nSPS) is 16.1. The predicted molar refractivity (Wildman–Crippen MR) is 124 cm³/mol. The summed E-state index contributed by atoms with van der Waals surface area (Å²) in [6.07, 6.45) is 7.60. The number of nitrogens with two attached hydrogens (primary N) is 1. The van der Waals surface area contributed by atoms with E-state index in [1.165, 1.54) is 6.42 Å². The van der Waals surface area contributed by atoms with E-state index >= 15 is 0 Å². The molecule has 0 aliphatic heterocycles. The SMILES string of the molecule is NCCCC[C@H](NC(=O)N[C@H](CC1CCCCC1)C(=O)NCc1ccc(Cl)cc1)C(=O)O. The van der Waals surface area contributed by atoms with E-state index in [-0.39, 0.29) is 12.3 Å². The second-order valence-corrected chi connectivity index (χ2v) is 8.87. The minimum Gasteiger partial charge on any atom is -0.480 e. The second-order valence-electron chi connectivity index (χ2n) is 8.43. The Labute approximate surface area is 194 Å². The maximum Gasteiger partial charge on any atom is 0.326 e. The van der Waals surface area contributed by atoms with Crippen LogP contribution >= 0.6 is 11.6 Å². The molecule has 0 aromatic heterocycles.